The zero-order valence-corrected chi connectivity index (χ0v) is 19.6. The number of anilines is 1. The van der Waals surface area contributed by atoms with Gasteiger partial charge >= 0.3 is 0 Å². The van der Waals surface area contributed by atoms with Crippen LogP contribution in [-0.2, 0) is 6.54 Å². The Hall–Kier alpha value is -3.12. The summed E-state index contributed by atoms with van der Waals surface area (Å²) in [6.07, 6.45) is 5.91. The number of piperidine rings is 1. The fourth-order valence-corrected chi connectivity index (χ4v) is 5.75. The molecule has 0 amide bonds. The minimum absolute atomic E-state index is 0.668. The Morgan fingerprint density at radius 3 is 2.64 bits per heavy atom. The minimum atomic E-state index is 0.668. The fourth-order valence-electron chi connectivity index (χ4n) is 5.75. The summed E-state index contributed by atoms with van der Waals surface area (Å²) in [6.45, 7) is 9.60. The van der Waals surface area contributed by atoms with Gasteiger partial charge in [0.1, 0.15) is 5.82 Å². The van der Waals surface area contributed by atoms with Crippen molar-refractivity contribution < 1.29 is 0 Å². The highest BCUT2D eigenvalue weighted by Gasteiger charge is 2.26. The molecule has 0 atom stereocenters. The molecule has 1 fully saturated rings. The Kier molecular flexibility index (Phi) is 5.18. The molecular formula is C27H32N6. The second kappa shape index (κ2) is 8.34. The van der Waals surface area contributed by atoms with E-state index in [2.05, 4.69) is 85.1 Å². The number of nitrogens with one attached hydrogen (secondary N) is 1. The molecule has 1 N–H and O–H groups in total. The molecule has 0 spiro atoms. The van der Waals surface area contributed by atoms with E-state index in [1.807, 2.05) is 6.92 Å². The fraction of sp³-hybridized carbons (Fsp3) is 0.407. The van der Waals surface area contributed by atoms with Gasteiger partial charge in [-0.3, -0.25) is 4.57 Å². The van der Waals surface area contributed by atoms with Crippen molar-refractivity contribution in [3.63, 3.8) is 0 Å². The van der Waals surface area contributed by atoms with Crippen molar-refractivity contribution in [2.75, 3.05) is 31.1 Å². The van der Waals surface area contributed by atoms with E-state index in [9.17, 15) is 0 Å². The smallest absolute Gasteiger partial charge is 0.157 e. The number of benzene rings is 2. The van der Waals surface area contributed by atoms with Crippen molar-refractivity contribution >= 4 is 16.6 Å². The van der Waals surface area contributed by atoms with Crippen molar-refractivity contribution in [3.05, 3.63) is 71.4 Å². The number of rotatable bonds is 5. The van der Waals surface area contributed by atoms with Crippen LogP contribution in [0.15, 0.2) is 48.7 Å². The molecule has 33 heavy (non-hydrogen) atoms. The third-order valence-corrected chi connectivity index (χ3v) is 7.49. The lowest BCUT2D eigenvalue weighted by atomic mass is 9.89. The molecule has 4 heterocycles. The SMILES string of the molecule is Cc1ccc2c(C3CCN(CCCN4Cc5nnc(C)n5-c5ccccc54)CC3)c[nH]c2c1. The molecule has 170 valence electrons. The van der Waals surface area contributed by atoms with Gasteiger partial charge in [-0.1, -0.05) is 24.3 Å². The van der Waals surface area contributed by atoms with E-state index in [0.717, 1.165) is 31.3 Å². The van der Waals surface area contributed by atoms with Crippen LogP contribution in [0.4, 0.5) is 5.69 Å². The number of aromatic nitrogens is 4. The normalized spacial score (nSPS) is 16.8. The van der Waals surface area contributed by atoms with E-state index in [1.54, 1.807) is 0 Å². The van der Waals surface area contributed by atoms with Crippen molar-refractivity contribution in [3.8, 4) is 5.69 Å². The molecule has 0 bridgehead atoms. The number of hydrogen-bond acceptors (Lipinski definition) is 4. The lowest BCUT2D eigenvalue weighted by Crippen LogP contribution is -2.36. The maximum absolute atomic E-state index is 4.42. The second-order valence-electron chi connectivity index (χ2n) is 9.67. The lowest BCUT2D eigenvalue weighted by Gasteiger charge is -2.34. The number of aryl methyl sites for hydroxylation is 2. The highest BCUT2D eigenvalue weighted by Crippen LogP contribution is 2.34. The summed E-state index contributed by atoms with van der Waals surface area (Å²) in [5.41, 5.74) is 6.60. The van der Waals surface area contributed by atoms with E-state index in [-0.39, 0.29) is 0 Å². The summed E-state index contributed by atoms with van der Waals surface area (Å²) in [5.74, 6) is 2.67. The maximum Gasteiger partial charge on any atom is 0.157 e. The molecule has 1 saturated heterocycles. The van der Waals surface area contributed by atoms with Crippen LogP contribution < -0.4 is 4.90 Å². The minimum Gasteiger partial charge on any atom is -0.362 e. The number of aromatic amines is 1. The largest absolute Gasteiger partial charge is 0.362 e. The van der Waals surface area contributed by atoms with Crippen LogP contribution in [0.25, 0.3) is 16.6 Å². The van der Waals surface area contributed by atoms with Gasteiger partial charge in [0.2, 0.25) is 0 Å². The van der Waals surface area contributed by atoms with Gasteiger partial charge in [0.25, 0.3) is 0 Å². The number of likely N-dealkylation sites (tertiary alicyclic amines) is 1. The molecule has 6 nitrogen and oxygen atoms in total. The Morgan fingerprint density at radius 2 is 1.79 bits per heavy atom. The molecular weight excluding hydrogens is 408 g/mol. The van der Waals surface area contributed by atoms with Crippen LogP contribution in [-0.4, -0.2) is 50.8 Å². The van der Waals surface area contributed by atoms with Crippen LogP contribution in [0.5, 0.6) is 0 Å². The third-order valence-electron chi connectivity index (χ3n) is 7.49. The Morgan fingerprint density at radius 1 is 0.970 bits per heavy atom. The van der Waals surface area contributed by atoms with E-state index in [4.69, 9.17) is 0 Å². The van der Waals surface area contributed by atoms with Crippen molar-refractivity contribution in [1.82, 2.24) is 24.6 Å². The van der Waals surface area contributed by atoms with Crippen LogP contribution >= 0.6 is 0 Å². The number of fused-ring (bicyclic) bond motifs is 4. The first-order chi connectivity index (χ1) is 16.2. The van der Waals surface area contributed by atoms with E-state index in [1.165, 1.54) is 65.8 Å². The van der Waals surface area contributed by atoms with E-state index in [0.29, 0.717) is 5.92 Å². The molecule has 2 aromatic heterocycles. The van der Waals surface area contributed by atoms with Crippen LogP contribution in [0, 0.1) is 13.8 Å². The van der Waals surface area contributed by atoms with Crippen LogP contribution in [0.2, 0.25) is 0 Å². The quantitative estimate of drug-likeness (QED) is 0.477. The predicted molar refractivity (Wildman–Crippen MR) is 133 cm³/mol. The van der Waals surface area contributed by atoms with Gasteiger partial charge in [-0.05, 0) is 88.0 Å². The molecule has 4 aromatic rings. The first-order valence-electron chi connectivity index (χ1n) is 12.2. The number of para-hydroxylation sites is 2. The van der Waals surface area contributed by atoms with Gasteiger partial charge in [0.15, 0.2) is 5.82 Å². The van der Waals surface area contributed by atoms with E-state index >= 15 is 0 Å². The van der Waals surface area contributed by atoms with Gasteiger partial charge in [-0.25, -0.2) is 0 Å². The highest BCUT2D eigenvalue weighted by atomic mass is 15.3. The molecule has 2 aliphatic heterocycles. The van der Waals surface area contributed by atoms with Gasteiger partial charge in [0.05, 0.1) is 17.9 Å². The summed E-state index contributed by atoms with van der Waals surface area (Å²) in [4.78, 5) is 8.62. The number of hydrogen-bond donors (Lipinski definition) is 1. The standard InChI is InChI=1S/C27H32N6/c1-19-8-9-22-23(17-28-24(22)16-19)21-10-14-31(15-11-21)12-5-13-32-18-27-30-29-20(2)33(27)26-7-4-3-6-25(26)32/h3-4,6-9,16-17,21,28H,5,10-15,18H2,1-2H3. The first-order valence-corrected chi connectivity index (χ1v) is 12.2. The summed E-state index contributed by atoms with van der Waals surface area (Å²) < 4.78 is 2.20. The van der Waals surface area contributed by atoms with Crippen molar-refractivity contribution in [1.29, 1.82) is 0 Å². The molecule has 6 rings (SSSR count). The van der Waals surface area contributed by atoms with E-state index < -0.39 is 0 Å². The first kappa shape index (κ1) is 20.5. The average Bonchev–Trinajstić information content (AvgIpc) is 3.42. The maximum atomic E-state index is 4.42. The average molecular weight is 441 g/mol. The molecule has 0 saturated carbocycles. The highest BCUT2D eigenvalue weighted by molar-refractivity contribution is 5.84. The third kappa shape index (κ3) is 3.72. The summed E-state index contributed by atoms with van der Waals surface area (Å²) in [5, 5.41) is 10.1. The zero-order chi connectivity index (χ0) is 22.4. The van der Waals surface area contributed by atoms with Gasteiger partial charge < -0.3 is 14.8 Å². The molecule has 0 unspecified atom stereocenters. The molecule has 2 aliphatic rings. The monoisotopic (exact) mass is 440 g/mol. The van der Waals surface area contributed by atoms with Crippen LogP contribution in [0.1, 0.15) is 48.0 Å². The zero-order valence-electron chi connectivity index (χ0n) is 19.6. The summed E-state index contributed by atoms with van der Waals surface area (Å²) >= 11 is 0. The van der Waals surface area contributed by atoms with Crippen molar-refractivity contribution in [2.45, 2.75) is 45.6 Å². The lowest BCUT2D eigenvalue weighted by molar-refractivity contribution is 0.211. The molecule has 6 heteroatoms. The topological polar surface area (TPSA) is 53.0 Å². The summed E-state index contributed by atoms with van der Waals surface area (Å²) in [7, 11) is 0. The number of H-pyrrole nitrogens is 1. The van der Waals surface area contributed by atoms with Gasteiger partial charge in [-0.2, -0.15) is 0 Å². The summed E-state index contributed by atoms with van der Waals surface area (Å²) in [6, 6.07) is 15.4. The second-order valence-corrected chi connectivity index (χ2v) is 9.67. The Labute approximate surface area is 195 Å². The molecule has 0 radical (unpaired) electrons. The van der Waals surface area contributed by atoms with Crippen LogP contribution in [0.3, 0.4) is 0 Å². The van der Waals surface area contributed by atoms with Gasteiger partial charge in [-0.15, -0.1) is 10.2 Å². The van der Waals surface area contributed by atoms with Gasteiger partial charge in [0, 0.05) is 23.6 Å². The van der Waals surface area contributed by atoms with Crippen molar-refractivity contribution in [2.24, 2.45) is 0 Å². The Bertz CT molecular complexity index is 1280. The number of nitrogens with zero attached hydrogens (tertiary/aromatic N) is 5. The predicted octanol–water partition coefficient (Wildman–Crippen LogP) is 4.96. The Balaban J connectivity index is 1.06. The molecule has 0 aliphatic carbocycles. The molecule has 2 aromatic carbocycles.